The molecule has 2 aromatic carbocycles. The number of halogens is 2. The fourth-order valence-corrected chi connectivity index (χ4v) is 3.49. The molecule has 2 rings (SSSR count). The van der Waals surface area contributed by atoms with E-state index in [4.69, 9.17) is 0 Å². The van der Waals surface area contributed by atoms with Crippen molar-refractivity contribution >= 4 is 21.6 Å². The lowest BCUT2D eigenvalue weighted by Gasteiger charge is -2.05. The Balaban J connectivity index is 2.11. The monoisotopic (exact) mass is 282 g/mol. The SMILES string of the molecule is Cc1ccc(SSc2ccc(C)cc2F)c(F)c1. The van der Waals surface area contributed by atoms with Crippen molar-refractivity contribution in [3.8, 4) is 0 Å². The van der Waals surface area contributed by atoms with Crippen LogP contribution in [0.4, 0.5) is 8.78 Å². The van der Waals surface area contributed by atoms with Gasteiger partial charge in [-0.05, 0) is 70.8 Å². The highest BCUT2D eigenvalue weighted by molar-refractivity contribution is 8.76. The first kappa shape index (κ1) is 13.4. The molecule has 0 nitrogen and oxygen atoms in total. The van der Waals surface area contributed by atoms with E-state index in [2.05, 4.69) is 0 Å². The fourth-order valence-electron chi connectivity index (χ4n) is 1.44. The Bertz CT molecular complexity index is 516. The van der Waals surface area contributed by atoms with Crippen molar-refractivity contribution in [2.45, 2.75) is 23.6 Å². The predicted molar refractivity (Wildman–Crippen MR) is 74.0 cm³/mol. The Morgan fingerprint density at radius 1 is 0.722 bits per heavy atom. The van der Waals surface area contributed by atoms with Crippen molar-refractivity contribution in [3.63, 3.8) is 0 Å². The molecule has 0 fully saturated rings. The van der Waals surface area contributed by atoms with Crippen LogP contribution in [0, 0.1) is 25.5 Å². The van der Waals surface area contributed by atoms with Gasteiger partial charge in [0.05, 0.1) is 9.79 Å². The van der Waals surface area contributed by atoms with E-state index in [1.807, 2.05) is 26.0 Å². The van der Waals surface area contributed by atoms with Crippen LogP contribution in [0.5, 0.6) is 0 Å². The molecule has 0 saturated heterocycles. The summed E-state index contributed by atoms with van der Waals surface area (Å²) in [5, 5.41) is 0. The Kier molecular flexibility index (Phi) is 4.30. The van der Waals surface area contributed by atoms with Crippen LogP contribution >= 0.6 is 21.6 Å². The standard InChI is InChI=1S/C14H12F2S2/c1-9-3-5-13(11(15)7-9)17-18-14-6-4-10(2)8-12(14)16/h3-8H,1-2H3. The van der Waals surface area contributed by atoms with Gasteiger partial charge in [-0.25, -0.2) is 8.78 Å². The van der Waals surface area contributed by atoms with Crippen LogP contribution in [0.2, 0.25) is 0 Å². The Morgan fingerprint density at radius 2 is 1.11 bits per heavy atom. The van der Waals surface area contributed by atoms with Gasteiger partial charge in [-0.2, -0.15) is 0 Å². The summed E-state index contributed by atoms with van der Waals surface area (Å²) in [6.45, 7) is 3.68. The van der Waals surface area contributed by atoms with E-state index in [1.165, 1.54) is 33.7 Å². The molecule has 0 saturated carbocycles. The van der Waals surface area contributed by atoms with E-state index in [0.717, 1.165) is 11.1 Å². The summed E-state index contributed by atoms with van der Waals surface area (Å²) in [5.74, 6) is -0.528. The summed E-state index contributed by atoms with van der Waals surface area (Å²) < 4.78 is 27.2. The fraction of sp³-hybridized carbons (Fsp3) is 0.143. The second-order valence-corrected chi connectivity index (χ2v) is 6.25. The van der Waals surface area contributed by atoms with Crippen LogP contribution in [-0.4, -0.2) is 0 Å². The minimum absolute atomic E-state index is 0.264. The van der Waals surface area contributed by atoms with E-state index in [1.54, 1.807) is 12.1 Å². The molecule has 0 bridgehead atoms. The number of hydrogen-bond donors (Lipinski definition) is 0. The van der Waals surface area contributed by atoms with Crippen molar-refractivity contribution in [2.24, 2.45) is 0 Å². The molecule has 0 heterocycles. The van der Waals surface area contributed by atoms with Gasteiger partial charge in [0.15, 0.2) is 0 Å². The van der Waals surface area contributed by atoms with E-state index in [0.29, 0.717) is 9.79 Å². The first-order valence-corrected chi connectivity index (χ1v) is 7.58. The Labute approximate surface area is 113 Å². The molecule has 4 heteroatoms. The minimum atomic E-state index is -0.264. The highest BCUT2D eigenvalue weighted by Crippen LogP contribution is 2.39. The molecule has 0 atom stereocenters. The van der Waals surface area contributed by atoms with E-state index in [9.17, 15) is 8.78 Å². The topological polar surface area (TPSA) is 0 Å². The van der Waals surface area contributed by atoms with Gasteiger partial charge in [0.2, 0.25) is 0 Å². The zero-order chi connectivity index (χ0) is 13.1. The molecule has 18 heavy (non-hydrogen) atoms. The lowest BCUT2D eigenvalue weighted by Crippen LogP contribution is -1.83. The smallest absolute Gasteiger partial charge is 0.137 e. The number of aryl methyl sites for hydroxylation is 2. The van der Waals surface area contributed by atoms with Crippen LogP contribution in [0.1, 0.15) is 11.1 Å². The summed E-state index contributed by atoms with van der Waals surface area (Å²) in [7, 11) is 2.46. The average molecular weight is 282 g/mol. The molecule has 2 aromatic rings. The lowest BCUT2D eigenvalue weighted by molar-refractivity contribution is 0.600. The highest BCUT2D eigenvalue weighted by Gasteiger charge is 2.07. The van der Waals surface area contributed by atoms with Crippen LogP contribution < -0.4 is 0 Å². The second-order valence-electron chi connectivity index (χ2n) is 4.03. The molecule has 0 aliphatic heterocycles. The van der Waals surface area contributed by atoms with Gasteiger partial charge >= 0.3 is 0 Å². The van der Waals surface area contributed by atoms with E-state index >= 15 is 0 Å². The zero-order valence-corrected chi connectivity index (χ0v) is 11.7. The zero-order valence-electron chi connectivity index (χ0n) is 10.0. The third-order valence-corrected chi connectivity index (χ3v) is 4.83. The summed E-state index contributed by atoms with van der Waals surface area (Å²) in [5.41, 5.74) is 1.76. The molecular weight excluding hydrogens is 270 g/mol. The van der Waals surface area contributed by atoms with Gasteiger partial charge in [-0.15, -0.1) is 0 Å². The molecule has 0 aromatic heterocycles. The molecular formula is C14H12F2S2. The van der Waals surface area contributed by atoms with E-state index in [-0.39, 0.29) is 11.6 Å². The number of benzene rings is 2. The van der Waals surface area contributed by atoms with Crippen LogP contribution in [-0.2, 0) is 0 Å². The van der Waals surface area contributed by atoms with Crippen molar-refractivity contribution in [2.75, 3.05) is 0 Å². The largest absolute Gasteiger partial charge is 0.206 e. The second kappa shape index (κ2) is 5.76. The van der Waals surface area contributed by atoms with Gasteiger partial charge in [-0.1, -0.05) is 12.1 Å². The average Bonchev–Trinajstić information content (AvgIpc) is 2.30. The van der Waals surface area contributed by atoms with E-state index < -0.39 is 0 Å². The molecule has 0 amide bonds. The summed E-state index contributed by atoms with van der Waals surface area (Å²) in [6.07, 6.45) is 0. The normalized spacial score (nSPS) is 10.7. The first-order valence-electron chi connectivity index (χ1n) is 5.43. The molecule has 0 unspecified atom stereocenters. The predicted octanol–water partition coefficient (Wildman–Crippen LogP) is 5.38. The summed E-state index contributed by atoms with van der Waals surface area (Å²) >= 11 is 0. The molecule has 0 aliphatic rings. The van der Waals surface area contributed by atoms with Gasteiger partial charge in [0.25, 0.3) is 0 Å². The molecule has 94 valence electrons. The van der Waals surface area contributed by atoms with Gasteiger partial charge in [0, 0.05) is 0 Å². The number of rotatable bonds is 3. The molecule has 0 spiro atoms. The molecule has 0 N–H and O–H groups in total. The highest BCUT2D eigenvalue weighted by atomic mass is 33.1. The van der Waals surface area contributed by atoms with Crippen molar-refractivity contribution in [1.82, 2.24) is 0 Å². The van der Waals surface area contributed by atoms with Crippen molar-refractivity contribution < 1.29 is 8.78 Å². The van der Waals surface area contributed by atoms with Crippen molar-refractivity contribution in [3.05, 3.63) is 59.2 Å². The maximum absolute atomic E-state index is 13.6. The van der Waals surface area contributed by atoms with Crippen LogP contribution in [0.25, 0.3) is 0 Å². The molecule has 0 aliphatic carbocycles. The third-order valence-electron chi connectivity index (χ3n) is 2.40. The van der Waals surface area contributed by atoms with Crippen LogP contribution in [0.3, 0.4) is 0 Å². The quantitative estimate of drug-likeness (QED) is 0.693. The minimum Gasteiger partial charge on any atom is -0.206 e. The Hall–Kier alpha value is -1.00. The maximum atomic E-state index is 13.6. The third kappa shape index (κ3) is 3.27. The lowest BCUT2D eigenvalue weighted by atomic mass is 10.2. The molecule has 0 radical (unpaired) electrons. The van der Waals surface area contributed by atoms with Crippen molar-refractivity contribution in [1.29, 1.82) is 0 Å². The Morgan fingerprint density at radius 3 is 1.44 bits per heavy atom. The van der Waals surface area contributed by atoms with Crippen LogP contribution in [0.15, 0.2) is 46.2 Å². The maximum Gasteiger partial charge on any atom is 0.137 e. The van der Waals surface area contributed by atoms with Gasteiger partial charge < -0.3 is 0 Å². The van der Waals surface area contributed by atoms with Gasteiger partial charge in [-0.3, -0.25) is 0 Å². The first-order chi connectivity index (χ1) is 8.56. The summed E-state index contributed by atoms with van der Waals surface area (Å²) in [4.78, 5) is 1.04. The van der Waals surface area contributed by atoms with Gasteiger partial charge in [0.1, 0.15) is 11.6 Å². The number of hydrogen-bond acceptors (Lipinski definition) is 2. The summed E-state index contributed by atoms with van der Waals surface area (Å²) in [6, 6.07) is 10.1.